The lowest BCUT2D eigenvalue weighted by molar-refractivity contribution is 0.455. The molecule has 0 aliphatic carbocycles. The molecule has 0 fully saturated rings. The summed E-state index contributed by atoms with van der Waals surface area (Å²) in [6.07, 6.45) is 0. The summed E-state index contributed by atoms with van der Waals surface area (Å²) in [6.45, 7) is 0. The van der Waals surface area contributed by atoms with Gasteiger partial charge in [0.2, 0.25) is 5.89 Å². The fourth-order valence-electron chi connectivity index (χ4n) is 1.85. The number of hydrogen-bond acceptors (Lipinski definition) is 6. The molecule has 0 saturated heterocycles. The van der Waals surface area contributed by atoms with Crippen LogP contribution in [0.3, 0.4) is 0 Å². The Morgan fingerprint density at radius 3 is 2.74 bits per heavy atom. The molecular weight excluding hydrogens is 260 g/mol. The summed E-state index contributed by atoms with van der Waals surface area (Å²) in [7, 11) is 1.87. The highest BCUT2D eigenvalue weighted by atomic mass is 32.1. The molecular formula is C13H12N4OS. The highest BCUT2D eigenvalue weighted by Crippen LogP contribution is 2.24. The van der Waals surface area contributed by atoms with Crippen molar-refractivity contribution >= 4 is 11.3 Å². The van der Waals surface area contributed by atoms with Crippen molar-refractivity contribution in [2.45, 2.75) is 6.04 Å². The minimum absolute atomic E-state index is 0.110. The Hall–Kier alpha value is -2.05. The van der Waals surface area contributed by atoms with E-state index >= 15 is 0 Å². The van der Waals surface area contributed by atoms with E-state index in [1.807, 2.05) is 42.8 Å². The van der Waals surface area contributed by atoms with Gasteiger partial charge in [-0.3, -0.25) is 0 Å². The third-order valence-corrected chi connectivity index (χ3v) is 3.35. The van der Waals surface area contributed by atoms with E-state index < -0.39 is 0 Å². The Kier molecular flexibility index (Phi) is 3.35. The fourth-order valence-corrected chi connectivity index (χ4v) is 2.38. The molecule has 0 saturated carbocycles. The van der Waals surface area contributed by atoms with Gasteiger partial charge in [-0.15, -0.1) is 21.5 Å². The van der Waals surface area contributed by atoms with Gasteiger partial charge in [0.1, 0.15) is 11.7 Å². The maximum atomic E-state index is 5.69. The average molecular weight is 272 g/mol. The van der Waals surface area contributed by atoms with Gasteiger partial charge < -0.3 is 9.73 Å². The second-order valence-corrected chi connectivity index (χ2v) is 4.67. The predicted molar refractivity (Wildman–Crippen MR) is 72.8 cm³/mol. The van der Waals surface area contributed by atoms with Gasteiger partial charge in [0, 0.05) is 5.38 Å². The van der Waals surface area contributed by atoms with Crippen LogP contribution in [0.1, 0.15) is 17.5 Å². The van der Waals surface area contributed by atoms with Crippen LogP contribution in [-0.4, -0.2) is 22.2 Å². The van der Waals surface area contributed by atoms with Crippen LogP contribution in [0.4, 0.5) is 0 Å². The van der Waals surface area contributed by atoms with E-state index in [0.29, 0.717) is 17.5 Å². The summed E-state index contributed by atoms with van der Waals surface area (Å²) >= 11 is 1.50. The van der Waals surface area contributed by atoms with Crippen LogP contribution in [-0.2, 0) is 0 Å². The molecule has 5 nitrogen and oxygen atoms in total. The molecule has 19 heavy (non-hydrogen) atoms. The quantitative estimate of drug-likeness (QED) is 0.790. The van der Waals surface area contributed by atoms with Gasteiger partial charge >= 0.3 is 0 Å². The Labute approximate surface area is 114 Å². The van der Waals surface area contributed by atoms with E-state index in [9.17, 15) is 0 Å². The van der Waals surface area contributed by atoms with Gasteiger partial charge in [0.25, 0.3) is 5.89 Å². The van der Waals surface area contributed by atoms with Crippen LogP contribution in [0.5, 0.6) is 0 Å². The summed E-state index contributed by atoms with van der Waals surface area (Å²) in [6, 6.07) is 9.88. The van der Waals surface area contributed by atoms with Crippen molar-refractivity contribution in [3.8, 4) is 11.6 Å². The molecule has 0 amide bonds. The predicted octanol–water partition coefficient (Wildman–Crippen LogP) is 2.50. The van der Waals surface area contributed by atoms with Gasteiger partial charge in [0.15, 0.2) is 0 Å². The fraction of sp³-hybridized carbons (Fsp3) is 0.154. The molecule has 3 rings (SSSR count). The third-order valence-electron chi connectivity index (χ3n) is 2.76. The topological polar surface area (TPSA) is 63.8 Å². The van der Waals surface area contributed by atoms with E-state index in [4.69, 9.17) is 4.42 Å². The van der Waals surface area contributed by atoms with Crippen molar-refractivity contribution < 1.29 is 4.42 Å². The smallest absolute Gasteiger partial charge is 0.267 e. The lowest BCUT2D eigenvalue weighted by Gasteiger charge is -2.11. The summed E-state index contributed by atoms with van der Waals surface area (Å²) in [5, 5.41) is 13.2. The van der Waals surface area contributed by atoms with Crippen LogP contribution < -0.4 is 5.32 Å². The Morgan fingerprint density at radius 2 is 2.05 bits per heavy atom. The highest BCUT2D eigenvalue weighted by molar-refractivity contribution is 7.07. The van der Waals surface area contributed by atoms with Crippen LogP contribution in [0, 0.1) is 0 Å². The maximum Gasteiger partial charge on any atom is 0.267 e. The number of thiazole rings is 1. The first-order valence-corrected chi connectivity index (χ1v) is 6.77. The molecule has 0 spiro atoms. The minimum Gasteiger partial charge on any atom is -0.417 e. The van der Waals surface area contributed by atoms with Crippen molar-refractivity contribution in [3.05, 3.63) is 52.7 Å². The number of hydrogen-bond donors (Lipinski definition) is 1. The first kappa shape index (κ1) is 12.0. The van der Waals surface area contributed by atoms with E-state index in [-0.39, 0.29) is 6.04 Å². The van der Waals surface area contributed by atoms with Crippen molar-refractivity contribution in [1.29, 1.82) is 0 Å². The Balaban J connectivity index is 1.93. The molecule has 1 N–H and O–H groups in total. The molecule has 0 bridgehead atoms. The Bertz CT molecular complexity index is 636. The second-order valence-electron chi connectivity index (χ2n) is 3.95. The summed E-state index contributed by atoms with van der Waals surface area (Å²) in [5.41, 5.74) is 3.54. The molecule has 0 aliphatic rings. The zero-order valence-corrected chi connectivity index (χ0v) is 11.1. The lowest BCUT2D eigenvalue weighted by atomic mass is 10.1. The van der Waals surface area contributed by atoms with Crippen molar-refractivity contribution in [1.82, 2.24) is 20.5 Å². The van der Waals surface area contributed by atoms with Gasteiger partial charge in [-0.1, -0.05) is 30.3 Å². The van der Waals surface area contributed by atoms with E-state index in [1.54, 1.807) is 5.51 Å². The maximum absolute atomic E-state index is 5.69. The van der Waals surface area contributed by atoms with E-state index in [1.165, 1.54) is 11.3 Å². The Morgan fingerprint density at radius 1 is 1.21 bits per heavy atom. The number of rotatable bonds is 4. The number of benzene rings is 1. The van der Waals surface area contributed by atoms with Gasteiger partial charge in [-0.05, 0) is 12.6 Å². The van der Waals surface area contributed by atoms with Crippen LogP contribution in [0.2, 0.25) is 0 Å². The molecule has 1 aromatic carbocycles. The standard InChI is InChI=1S/C13H12N4OS/c1-14-11(9-5-3-2-4-6-9)13-17-16-12(18-13)10-7-19-8-15-10/h2-8,11,14H,1H3. The molecule has 0 radical (unpaired) electrons. The number of aromatic nitrogens is 3. The molecule has 1 atom stereocenters. The molecule has 3 aromatic rings. The van der Waals surface area contributed by atoms with Crippen molar-refractivity contribution in [2.75, 3.05) is 7.05 Å². The molecule has 1 unspecified atom stereocenters. The van der Waals surface area contributed by atoms with E-state index in [2.05, 4.69) is 20.5 Å². The number of nitrogens with one attached hydrogen (secondary N) is 1. The first-order chi connectivity index (χ1) is 9.38. The van der Waals surface area contributed by atoms with Crippen LogP contribution in [0.15, 0.2) is 45.6 Å². The minimum atomic E-state index is -0.110. The van der Waals surface area contributed by atoms with Gasteiger partial charge in [-0.25, -0.2) is 4.98 Å². The van der Waals surface area contributed by atoms with Crippen molar-refractivity contribution in [2.24, 2.45) is 0 Å². The zero-order chi connectivity index (χ0) is 13.1. The normalized spacial score (nSPS) is 12.5. The highest BCUT2D eigenvalue weighted by Gasteiger charge is 2.19. The zero-order valence-electron chi connectivity index (χ0n) is 10.3. The van der Waals surface area contributed by atoms with Crippen molar-refractivity contribution in [3.63, 3.8) is 0 Å². The average Bonchev–Trinajstić information content (AvgIpc) is 3.11. The molecule has 2 heterocycles. The molecule has 0 aliphatic heterocycles. The lowest BCUT2D eigenvalue weighted by Crippen LogP contribution is -2.17. The monoisotopic (exact) mass is 272 g/mol. The van der Waals surface area contributed by atoms with Gasteiger partial charge in [0.05, 0.1) is 5.51 Å². The molecule has 6 heteroatoms. The van der Waals surface area contributed by atoms with Gasteiger partial charge in [-0.2, -0.15) is 0 Å². The SMILES string of the molecule is CNC(c1ccccc1)c1nnc(-c2cscn2)o1. The van der Waals surface area contributed by atoms with E-state index in [0.717, 1.165) is 5.56 Å². The van der Waals surface area contributed by atoms with Crippen LogP contribution >= 0.6 is 11.3 Å². The summed E-state index contributed by atoms with van der Waals surface area (Å²) < 4.78 is 5.69. The first-order valence-electron chi connectivity index (χ1n) is 5.82. The summed E-state index contributed by atoms with van der Waals surface area (Å²) in [4.78, 5) is 4.16. The molecule has 96 valence electrons. The largest absolute Gasteiger partial charge is 0.417 e. The second kappa shape index (κ2) is 5.29. The third kappa shape index (κ3) is 2.40. The number of nitrogens with zero attached hydrogens (tertiary/aromatic N) is 3. The summed E-state index contributed by atoms with van der Waals surface area (Å²) in [5.74, 6) is 0.990. The molecule has 2 aromatic heterocycles. The van der Waals surface area contributed by atoms with Crippen LogP contribution in [0.25, 0.3) is 11.6 Å².